The summed E-state index contributed by atoms with van der Waals surface area (Å²) in [6.45, 7) is 2.21. The summed E-state index contributed by atoms with van der Waals surface area (Å²) in [5.74, 6) is 1.53. The van der Waals surface area contributed by atoms with Crippen molar-refractivity contribution >= 4 is 46.2 Å². The van der Waals surface area contributed by atoms with Crippen LogP contribution in [0.5, 0.6) is 0 Å². The van der Waals surface area contributed by atoms with Crippen LogP contribution >= 0.6 is 23.5 Å². The third-order valence-corrected chi connectivity index (χ3v) is 7.83. The van der Waals surface area contributed by atoms with Crippen LogP contribution < -0.4 is 15.8 Å². The summed E-state index contributed by atoms with van der Waals surface area (Å²) in [6, 6.07) is 14.8. The van der Waals surface area contributed by atoms with E-state index in [1.807, 2.05) is 42.2 Å². The highest BCUT2D eigenvalue weighted by Gasteiger charge is 2.16. The van der Waals surface area contributed by atoms with E-state index in [0.717, 1.165) is 56.7 Å². The number of benzene rings is 2. The van der Waals surface area contributed by atoms with Crippen molar-refractivity contribution < 1.29 is 0 Å². The number of anilines is 2. The van der Waals surface area contributed by atoms with E-state index >= 15 is 0 Å². The van der Waals surface area contributed by atoms with Gasteiger partial charge < -0.3 is 15.8 Å². The normalized spacial score (nSPS) is 13.8. The number of halogens is 1. The first-order valence-corrected chi connectivity index (χ1v) is 14.2. The molecule has 0 saturated heterocycles. The highest BCUT2D eigenvalue weighted by atomic mass is 35.5. The summed E-state index contributed by atoms with van der Waals surface area (Å²) in [5.41, 5.74) is 8.94. The second-order valence-electron chi connectivity index (χ2n) is 9.17. The Morgan fingerprint density at radius 1 is 1.11 bits per heavy atom. The maximum atomic E-state index is 6.29. The third kappa shape index (κ3) is 6.74. The Hall–Kier alpha value is -2.81. The quantitative estimate of drug-likeness (QED) is 0.207. The van der Waals surface area contributed by atoms with Gasteiger partial charge in [0.1, 0.15) is 0 Å². The van der Waals surface area contributed by atoms with E-state index in [0.29, 0.717) is 6.04 Å². The second kappa shape index (κ2) is 13.1. The fourth-order valence-corrected chi connectivity index (χ4v) is 5.63. The maximum absolute atomic E-state index is 6.29. The van der Waals surface area contributed by atoms with E-state index in [1.165, 1.54) is 56.7 Å². The summed E-state index contributed by atoms with van der Waals surface area (Å²) in [4.78, 5) is 10.6. The van der Waals surface area contributed by atoms with Crippen LogP contribution in [0.15, 0.2) is 53.6 Å². The van der Waals surface area contributed by atoms with Crippen LogP contribution in [0.3, 0.4) is 0 Å². The van der Waals surface area contributed by atoms with Crippen molar-refractivity contribution in [2.45, 2.75) is 62.8 Å². The molecule has 1 saturated carbocycles. The van der Waals surface area contributed by atoms with Crippen molar-refractivity contribution in [3.05, 3.63) is 59.2 Å². The minimum Gasteiger partial charge on any atom is -0.351 e. The van der Waals surface area contributed by atoms with Gasteiger partial charge in [-0.3, -0.25) is 4.68 Å². The first-order chi connectivity index (χ1) is 18.1. The predicted molar refractivity (Wildman–Crippen MR) is 157 cm³/mol. The fraction of sp³-hybridized carbons (Fsp3) is 0.393. The Balaban J connectivity index is 0.00000156. The Morgan fingerprint density at radius 3 is 2.65 bits per heavy atom. The van der Waals surface area contributed by atoms with Gasteiger partial charge >= 0.3 is 0 Å². The number of aromatic nitrogens is 4. The largest absolute Gasteiger partial charge is 0.351 e. The lowest BCUT2D eigenvalue weighted by Crippen LogP contribution is -2.23. The molecule has 0 amide bonds. The summed E-state index contributed by atoms with van der Waals surface area (Å²) in [6.07, 6.45) is 10.3. The van der Waals surface area contributed by atoms with Gasteiger partial charge in [0, 0.05) is 41.2 Å². The van der Waals surface area contributed by atoms with Crippen LogP contribution in [0.25, 0.3) is 22.2 Å². The van der Waals surface area contributed by atoms with Gasteiger partial charge in [0.25, 0.3) is 0 Å². The van der Waals surface area contributed by atoms with Crippen molar-refractivity contribution in [2.24, 2.45) is 12.8 Å². The average molecular weight is 538 g/mol. The molecule has 0 radical (unpaired) electrons. The smallest absolute Gasteiger partial charge is 0.223 e. The number of hydrogen-bond donors (Lipinski definition) is 3. The lowest BCUT2D eigenvalue weighted by molar-refractivity contribution is 0.461. The Morgan fingerprint density at radius 2 is 1.89 bits per heavy atom. The van der Waals surface area contributed by atoms with Crippen LogP contribution in [-0.4, -0.2) is 32.8 Å². The minimum atomic E-state index is 0.485. The molecule has 2 heterocycles. The third-order valence-electron chi connectivity index (χ3n) is 6.50. The van der Waals surface area contributed by atoms with Gasteiger partial charge in [-0.25, -0.2) is 9.97 Å². The highest BCUT2D eigenvalue weighted by molar-refractivity contribution is 8.00. The Bertz CT molecular complexity index is 1320. The highest BCUT2D eigenvalue weighted by Crippen LogP contribution is 2.32. The molecule has 4 aromatic rings. The number of nitrogens with two attached hydrogens (primary N) is 1. The van der Waals surface area contributed by atoms with Gasteiger partial charge in [0.05, 0.1) is 16.2 Å². The fourth-order valence-electron chi connectivity index (χ4n) is 4.75. The van der Waals surface area contributed by atoms with E-state index in [2.05, 4.69) is 51.0 Å². The van der Waals surface area contributed by atoms with Gasteiger partial charge in [-0.1, -0.05) is 56.3 Å². The van der Waals surface area contributed by atoms with Crippen molar-refractivity contribution in [3.8, 4) is 11.3 Å². The summed E-state index contributed by atoms with van der Waals surface area (Å²) in [7, 11) is 3.47. The molecule has 4 N–H and O–H groups in total. The molecule has 37 heavy (non-hydrogen) atoms. The summed E-state index contributed by atoms with van der Waals surface area (Å²) >= 11 is 7.75. The van der Waals surface area contributed by atoms with Crippen molar-refractivity contribution in [1.29, 1.82) is 0 Å². The molecule has 1 fully saturated rings. The molecule has 0 bridgehead atoms. The van der Waals surface area contributed by atoms with Gasteiger partial charge in [-0.05, 0) is 68.1 Å². The van der Waals surface area contributed by atoms with Crippen LogP contribution in [0.4, 0.5) is 11.8 Å². The van der Waals surface area contributed by atoms with Crippen LogP contribution in [0, 0.1) is 0 Å². The second-order valence-corrected chi connectivity index (χ2v) is 10.4. The molecule has 0 atom stereocenters. The van der Waals surface area contributed by atoms with Crippen molar-refractivity contribution in [1.82, 2.24) is 19.7 Å². The average Bonchev–Trinajstić information content (AvgIpc) is 3.30. The van der Waals surface area contributed by atoms with Gasteiger partial charge in [0.2, 0.25) is 5.95 Å². The molecule has 196 valence electrons. The molecule has 0 aliphatic heterocycles. The summed E-state index contributed by atoms with van der Waals surface area (Å²) in [5, 5.41) is 10.0. The zero-order valence-corrected chi connectivity index (χ0v) is 23.4. The lowest BCUT2D eigenvalue weighted by Gasteiger charge is -2.22. The first kappa shape index (κ1) is 27.2. The van der Waals surface area contributed by atoms with Gasteiger partial charge in [0.15, 0.2) is 5.82 Å². The Kier molecular flexibility index (Phi) is 9.66. The first-order valence-electron chi connectivity index (χ1n) is 13.0. The number of nitrogens with zero attached hydrogens (tertiary/aromatic N) is 4. The van der Waals surface area contributed by atoms with Crippen molar-refractivity contribution in [2.75, 3.05) is 17.1 Å². The number of hydrogen-bond acceptors (Lipinski definition) is 7. The van der Waals surface area contributed by atoms with E-state index in [1.54, 1.807) is 0 Å². The SMILES string of the molecule is CCCc1cc(-c2cc(NSc3ccccc3Cl)nn2C)cc2cnc(NC3CCCCC3)nc12.CN. The molecule has 0 unspecified atom stereocenters. The van der Waals surface area contributed by atoms with Crippen LogP contribution in [0.1, 0.15) is 51.0 Å². The van der Waals surface area contributed by atoms with Crippen LogP contribution in [0.2, 0.25) is 5.02 Å². The molecule has 7 nitrogen and oxygen atoms in total. The van der Waals surface area contributed by atoms with Crippen molar-refractivity contribution in [3.63, 3.8) is 0 Å². The monoisotopic (exact) mass is 537 g/mol. The molecule has 1 aliphatic rings. The molecular formula is C28H36ClN7S. The zero-order chi connectivity index (χ0) is 26.2. The van der Waals surface area contributed by atoms with Gasteiger partial charge in [-0.15, -0.1) is 0 Å². The van der Waals surface area contributed by atoms with Gasteiger partial charge in [-0.2, -0.15) is 5.10 Å². The molecule has 1 aliphatic carbocycles. The molecule has 2 aromatic carbocycles. The molecular weight excluding hydrogens is 502 g/mol. The van der Waals surface area contributed by atoms with E-state index < -0.39 is 0 Å². The molecule has 2 aromatic heterocycles. The summed E-state index contributed by atoms with van der Waals surface area (Å²) < 4.78 is 5.23. The standard InChI is InChI=1S/C27H31ClN6S.CH5N/c1-3-9-18-14-19(15-20-17-29-27(31-26(18)20)30-21-10-5-4-6-11-21)23-16-25(32-34(23)2)33-35-24-13-8-7-12-22(24)28;1-2/h7-8,12-17,21H,3-6,9-11H2,1-2H3,(H,32,33)(H,29,30,31);2H2,1H3. The van der Waals surface area contributed by atoms with Crippen LogP contribution in [-0.2, 0) is 13.5 Å². The van der Waals surface area contributed by atoms with E-state index in [4.69, 9.17) is 16.6 Å². The molecule has 0 spiro atoms. The number of nitrogens with one attached hydrogen (secondary N) is 2. The number of rotatable bonds is 8. The van der Waals surface area contributed by atoms with E-state index in [9.17, 15) is 0 Å². The lowest BCUT2D eigenvalue weighted by atomic mass is 9.96. The maximum Gasteiger partial charge on any atom is 0.223 e. The topological polar surface area (TPSA) is 93.7 Å². The number of fused-ring (bicyclic) bond motifs is 1. The Labute approximate surface area is 228 Å². The number of aryl methyl sites for hydroxylation is 2. The molecule has 9 heteroatoms. The van der Waals surface area contributed by atoms with E-state index in [-0.39, 0.29) is 0 Å². The minimum absolute atomic E-state index is 0.485. The predicted octanol–water partition coefficient (Wildman–Crippen LogP) is 7.07. The zero-order valence-electron chi connectivity index (χ0n) is 21.8. The molecule has 5 rings (SSSR count).